The van der Waals surface area contributed by atoms with Gasteiger partial charge in [0, 0.05) is 33.0 Å². The first-order valence-electron chi connectivity index (χ1n) is 5.72. The second kappa shape index (κ2) is 5.64. The van der Waals surface area contributed by atoms with Gasteiger partial charge >= 0.3 is 0 Å². The molecule has 2 rings (SSSR count). The van der Waals surface area contributed by atoms with Crippen molar-refractivity contribution < 1.29 is 4.74 Å². The van der Waals surface area contributed by atoms with Crippen molar-refractivity contribution in [2.75, 3.05) is 37.4 Å². The Hall–Kier alpha value is -0.880. The molecule has 1 aromatic heterocycles. The highest BCUT2D eigenvalue weighted by Crippen LogP contribution is 2.28. The third-order valence-electron chi connectivity index (χ3n) is 3.06. The molecule has 1 saturated heterocycles. The van der Waals surface area contributed by atoms with E-state index in [1.807, 2.05) is 0 Å². The molecule has 0 amide bonds. The molecule has 0 aliphatic carbocycles. The van der Waals surface area contributed by atoms with Gasteiger partial charge in [-0.05, 0) is 34.7 Å². The Balaban J connectivity index is 2.02. The maximum absolute atomic E-state index is 5.62. The minimum absolute atomic E-state index is 0.321. The maximum Gasteiger partial charge on any atom is 0.222 e. The standard InChI is InChI=1S/C11H17BrN4O/c1-17-7-8-2-4-16(5-3-8)10-9(12)6-14-11(13)15-10/h6,8H,2-5,7H2,1H3,(H2,13,14,15). The summed E-state index contributed by atoms with van der Waals surface area (Å²) >= 11 is 3.46. The lowest BCUT2D eigenvalue weighted by atomic mass is 9.98. The van der Waals surface area contributed by atoms with Gasteiger partial charge in [0.05, 0.1) is 4.47 Å². The summed E-state index contributed by atoms with van der Waals surface area (Å²) in [6.07, 6.45) is 3.97. The highest BCUT2D eigenvalue weighted by Gasteiger charge is 2.21. The van der Waals surface area contributed by atoms with Gasteiger partial charge < -0.3 is 15.4 Å². The molecule has 0 aromatic carbocycles. The molecule has 1 aromatic rings. The van der Waals surface area contributed by atoms with Crippen LogP contribution in [0.5, 0.6) is 0 Å². The number of anilines is 2. The predicted molar refractivity (Wildman–Crippen MR) is 71.0 cm³/mol. The molecule has 17 heavy (non-hydrogen) atoms. The van der Waals surface area contributed by atoms with Crippen molar-refractivity contribution in [1.29, 1.82) is 0 Å². The molecule has 0 atom stereocenters. The van der Waals surface area contributed by atoms with Gasteiger partial charge in [0.15, 0.2) is 0 Å². The van der Waals surface area contributed by atoms with Gasteiger partial charge in [-0.3, -0.25) is 0 Å². The Morgan fingerprint density at radius 3 is 2.88 bits per heavy atom. The van der Waals surface area contributed by atoms with Crippen molar-refractivity contribution in [2.45, 2.75) is 12.8 Å². The number of hydrogen-bond donors (Lipinski definition) is 1. The molecular weight excluding hydrogens is 284 g/mol. The molecular formula is C11H17BrN4O. The van der Waals surface area contributed by atoms with E-state index in [1.54, 1.807) is 13.3 Å². The number of piperidine rings is 1. The zero-order valence-electron chi connectivity index (χ0n) is 9.90. The van der Waals surface area contributed by atoms with Crippen LogP contribution in [-0.2, 0) is 4.74 Å². The Bertz CT molecular complexity index is 380. The lowest BCUT2D eigenvalue weighted by molar-refractivity contribution is 0.139. The number of methoxy groups -OCH3 is 1. The minimum atomic E-state index is 0.321. The van der Waals surface area contributed by atoms with Crippen molar-refractivity contribution in [3.8, 4) is 0 Å². The topological polar surface area (TPSA) is 64.3 Å². The van der Waals surface area contributed by atoms with Gasteiger partial charge in [-0.1, -0.05) is 0 Å². The summed E-state index contributed by atoms with van der Waals surface area (Å²) in [5.74, 6) is 1.88. The molecule has 2 N–H and O–H groups in total. The highest BCUT2D eigenvalue weighted by atomic mass is 79.9. The van der Waals surface area contributed by atoms with Gasteiger partial charge in [0.1, 0.15) is 5.82 Å². The maximum atomic E-state index is 5.62. The zero-order chi connectivity index (χ0) is 12.3. The molecule has 94 valence electrons. The smallest absolute Gasteiger partial charge is 0.222 e. The van der Waals surface area contributed by atoms with Gasteiger partial charge in [-0.2, -0.15) is 4.98 Å². The van der Waals surface area contributed by atoms with Crippen molar-refractivity contribution in [3.05, 3.63) is 10.7 Å². The SMILES string of the molecule is COCC1CCN(c2nc(N)ncc2Br)CC1. The number of halogens is 1. The fourth-order valence-corrected chi connectivity index (χ4v) is 2.58. The van der Waals surface area contributed by atoms with E-state index in [0.717, 1.165) is 42.8 Å². The van der Waals surface area contributed by atoms with Crippen LogP contribution in [0, 0.1) is 5.92 Å². The van der Waals surface area contributed by atoms with E-state index in [1.165, 1.54) is 0 Å². The number of hydrogen-bond acceptors (Lipinski definition) is 5. The van der Waals surface area contributed by atoms with E-state index in [0.29, 0.717) is 11.9 Å². The number of aromatic nitrogens is 2. The highest BCUT2D eigenvalue weighted by molar-refractivity contribution is 9.10. The number of ether oxygens (including phenoxy) is 1. The fraction of sp³-hybridized carbons (Fsp3) is 0.636. The van der Waals surface area contributed by atoms with Gasteiger partial charge in [-0.15, -0.1) is 0 Å². The largest absolute Gasteiger partial charge is 0.384 e. The fourth-order valence-electron chi connectivity index (χ4n) is 2.14. The summed E-state index contributed by atoms with van der Waals surface area (Å²) in [7, 11) is 1.76. The van der Waals surface area contributed by atoms with E-state index in [2.05, 4.69) is 30.8 Å². The van der Waals surface area contributed by atoms with Crippen LogP contribution < -0.4 is 10.6 Å². The monoisotopic (exact) mass is 300 g/mol. The van der Waals surface area contributed by atoms with Gasteiger partial charge in [0.25, 0.3) is 0 Å². The second-order valence-electron chi connectivity index (χ2n) is 4.29. The molecule has 0 bridgehead atoms. The summed E-state index contributed by atoms with van der Waals surface area (Å²) in [4.78, 5) is 10.5. The van der Waals surface area contributed by atoms with E-state index in [-0.39, 0.29) is 0 Å². The van der Waals surface area contributed by atoms with E-state index < -0.39 is 0 Å². The Kier molecular flexibility index (Phi) is 4.17. The molecule has 5 nitrogen and oxygen atoms in total. The van der Waals surface area contributed by atoms with Crippen molar-refractivity contribution in [3.63, 3.8) is 0 Å². The van der Waals surface area contributed by atoms with Crippen LogP contribution in [0.2, 0.25) is 0 Å². The molecule has 0 saturated carbocycles. The summed E-state index contributed by atoms with van der Waals surface area (Å²) in [5.41, 5.74) is 5.62. The van der Waals surface area contributed by atoms with E-state index in [9.17, 15) is 0 Å². The first-order chi connectivity index (χ1) is 8.20. The van der Waals surface area contributed by atoms with Crippen LogP contribution in [0.4, 0.5) is 11.8 Å². The predicted octanol–water partition coefficient (Wildman–Crippen LogP) is 1.68. The quantitative estimate of drug-likeness (QED) is 0.920. The lowest BCUT2D eigenvalue weighted by Crippen LogP contribution is -2.35. The van der Waals surface area contributed by atoms with Gasteiger partial charge in [0.2, 0.25) is 5.95 Å². The van der Waals surface area contributed by atoms with Crippen LogP contribution in [0.1, 0.15) is 12.8 Å². The summed E-state index contributed by atoms with van der Waals surface area (Å²) in [6, 6.07) is 0. The summed E-state index contributed by atoms with van der Waals surface area (Å²) in [5, 5.41) is 0. The molecule has 0 spiro atoms. The van der Waals surface area contributed by atoms with Crippen LogP contribution >= 0.6 is 15.9 Å². The minimum Gasteiger partial charge on any atom is -0.384 e. The normalized spacial score (nSPS) is 17.4. The average Bonchev–Trinajstić information content (AvgIpc) is 2.34. The zero-order valence-corrected chi connectivity index (χ0v) is 11.5. The van der Waals surface area contributed by atoms with E-state index in [4.69, 9.17) is 10.5 Å². The lowest BCUT2D eigenvalue weighted by Gasteiger charge is -2.32. The Morgan fingerprint density at radius 2 is 2.24 bits per heavy atom. The second-order valence-corrected chi connectivity index (χ2v) is 5.14. The first kappa shape index (κ1) is 12.6. The summed E-state index contributed by atoms with van der Waals surface area (Å²) < 4.78 is 6.09. The molecule has 6 heteroatoms. The first-order valence-corrected chi connectivity index (χ1v) is 6.52. The van der Waals surface area contributed by atoms with Crippen LogP contribution in [0.25, 0.3) is 0 Å². The average molecular weight is 301 g/mol. The summed E-state index contributed by atoms with van der Waals surface area (Å²) in [6.45, 7) is 2.83. The number of nitrogen functional groups attached to an aromatic ring is 1. The number of nitrogens with zero attached hydrogens (tertiary/aromatic N) is 3. The van der Waals surface area contributed by atoms with Crippen LogP contribution in [0.3, 0.4) is 0 Å². The number of rotatable bonds is 3. The van der Waals surface area contributed by atoms with Crippen molar-refractivity contribution in [1.82, 2.24) is 9.97 Å². The molecule has 1 aliphatic heterocycles. The molecule has 0 unspecified atom stereocenters. The number of nitrogens with two attached hydrogens (primary N) is 1. The third-order valence-corrected chi connectivity index (χ3v) is 3.62. The molecule has 1 fully saturated rings. The molecule has 1 aliphatic rings. The van der Waals surface area contributed by atoms with Gasteiger partial charge in [-0.25, -0.2) is 4.98 Å². The van der Waals surface area contributed by atoms with E-state index >= 15 is 0 Å². The van der Waals surface area contributed by atoms with Crippen molar-refractivity contribution in [2.24, 2.45) is 5.92 Å². The Morgan fingerprint density at radius 1 is 1.53 bits per heavy atom. The van der Waals surface area contributed by atoms with Crippen LogP contribution in [0.15, 0.2) is 10.7 Å². The molecule has 2 heterocycles. The third kappa shape index (κ3) is 3.07. The van der Waals surface area contributed by atoms with Crippen LogP contribution in [-0.4, -0.2) is 36.8 Å². The van der Waals surface area contributed by atoms with Crippen molar-refractivity contribution >= 4 is 27.7 Å². The Labute approximate surface area is 110 Å². The molecule has 0 radical (unpaired) electrons.